The predicted molar refractivity (Wildman–Crippen MR) is 54.5 cm³/mol. The molecule has 0 amide bonds. The summed E-state index contributed by atoms with van der Waals surface area (Å²) >= 11 is 14.9. The Kier molecular flexibility index (Phi) is 3.38. The largest absolute Gasteiger partial charge is 0.204 e. The van der Waals surface area contributed by atoms with Gasteiger partial charge in [0.15, 0.2) is 5.82 Å². The minimum atomic E-state index is -0.360. The second-order valence-corrected chi connectivity index (χ2v) is 4.63. The average Bonchev–Trinajstić information content (AvgIpc) is 1.97. The Morgan fingerprint density at radius 1 is 1.18 bits per heavy atom. The van der Waals surface area contributed by atoms with Crippen molar-refractivity contribution in [3.05, 3.63) is 30.3 Å². The molecule has 1 aromatic rings. The summed E-state index contributed by atoms with van der Waals surface area (Å²) in [5.74, 6) is -0.360. The van der Waals surface area contributed by atoms with Crippen molar-refractivity contribution in [2.75, 3.05) is 0 Å². The SMILES string of the molecule is Fc1c(Br)cc(Cl)c(Br)c1Br. The standard InChI is InChI=1S/C6HBr3ClF/c7-2-1-3(10)4(8)5(9)6(2)11/h1H. The molecule has 0 aliphatic heterocycles. The molecule has 0 spiro atoms. The van der Waals surface area contributed by atoms with Gasteiger partial charge >= 0.3 is 0 Å². The third-order valence-electron chi connectivity index (χ3n) is 1.06. The van der Waals surface area contributed by atoms with Crippen molar-refractivity contribution in [1.82, 2.24) is 0 Å². The molecule has 0 nitrogen and oxygen atoms in total. The molecule has 0 saturated carbocycles. The predicted octanol–water partition coefficient (Wildman–Crippen LogP) is 4.77. The van der Waals surface area contributed by atoms with Gasteiger partial charge in [0.05, 0.1) is 18.4 Å². The van der Waals surface area contributed by atoms with Gasteiger partial charge in [-0.25, -0.2) is 4.39 Å². The van der Waals surface area contributed by atoms with Crippen molar-refractivity contribution in [3.8, 4) is 0 Å². The highest BCUT2D eigenvalue weighted by Gasteiger charge is 2.11. The first-order valence-electron chi connectivity index (χ1n) is 2.52. The van der Waals surface area contributed by atoms with Gasteiger partial charge in [0.2, 0.25) is 0 Å². The third-order valence-corrected chi connectivity index (χ3v) is 4.26. The van der Waals surface area contributed by atoms with E-state index >= 15 is 0 Å². The zero-order valence-corrected chi connectivity index (χ0v) is 10.5. The topological polar surface area (TPSA) is 0 Å². The lowest BCUT2D eigenvalue weighted by atomic mass is 10.3. The minimum absolute atomic E-state index is 0.330. The molecule has 0 heterocycles. The maximum absolute atomic E-state index is 13.0. The van der Waals surface area contributed by atoms with Crippen LogP contribution in [-0.2, 0) is 0 Å². The van der Waals surface area contributed by atoms with E-state index in [4.69, 9.17) is 11.6 Å². The summed E-state index contributed by atoms with van der Waals surface area (Å²) in [5.41, 5.74) is 0. The summed E-state index contributed by atoms with van der Waals surface area (Å²) < 4.78 is 14.2. The summed E-state index contributed by atoms with van der Waals surface area (Å²) in [5, 5.41) is 0.463. The lowest BCUT2D eigenvalue weighted by Gasteiger charge is -2.02. The lowest BCUT2D eigenvalue weighted by Crippen LogP contribution is -1.82. The molecule has 0 unspecified atom stereocenters. The molecule has 0 bridgehead atoms. The van der Waals surface area contributed by atoms with Crippen LogP contribution in [0.15, 0.2) is 19.5 Å². The van der Waals surface area contributed by atoms with Crippen molar-refractivity contribution in [3.63, 3.8) is 0 Å². The summed E-state index contributed by atoms with van der Waals surface area (Å²) in [6.07, 6.45) is 0. The summed E-state index contributed by atoms with van der Waals surface area (Å²) in [7, 11) is 0. The Labute approximate surface area is 93.5 Å². The molecule has 0 atom stereocenters. The number of rotatable bonds is 0. The van der Waals surface area contributed by atoms with Crippen LogP contribution in [0.5, 0.6) is 0 Å². The Bertz CT molecular complexity index is 274. The van der Waals surface area contributed by atoms with Gasteiger partial charge in [-0.3, -0.25) is 0 Å². The monoisotopic (exact) mass is 364 g/mol. The van der Waals surface area contributed by atoms with E-state index in [1.165, 1.54) is 6.07 Å². The fraction of sp³-hybridized carbons (Fsp3) is 0. The Hall–Kier alpha value is 0.880. The molecule has 60 valence electrons. The zero-order valence-electron chi connectivity index (χ0n) is 4.97. The van der Waals surface area contributed by atoms with E-state index in [-0.39, 0.29) is 5.82 Å². The molecule has 0 saturated heterocycles. The number of benzene rings is 1. The molecule has 0 aliphatic carbocycles. The van der Waals surface area contributed by atoms with E-state index in [9.17, 15) is 4.39 Å². The highest BCUT2D eigenvalue weighted by molar-refractivity contribution is 9.13. The minimum Gasteiger partial charge on any atom is -0.204 e. The Morgan fingerprint density at radius 3 is 2.27 bits per heavy atom. The van der Waals surface area contributed by atoms with Gasteiger partial charge in [-0.15, -0.1) is 0 Å². The molecule has 1 aromatic carbocycles. The molecule has 0 aromatic heterocycles. The quantitative estimate of drug-likeness (QED) is 0.458. The van der Waals surface area contributed by atoms with E-state index in [0.717, 1.165) is 0 Å². The van der Waals surface area contributed by atoms with Gasteiger partial charge in [0.25, 0.3) is 0 Å². The van der Waals surface area contributed by atoms with Crippen molar-refractivity contribution in [1.29, 1.82) is 0 Å². The molecule has 1 rings (SSSR count). The highest BCUT2D eigenvalue weighted by atomic mass is 79.9. The second-order valence-electron chi connectivity index (χ2n) is 1.78. The van der Waals surface area contributed by atoms with Gasteiger partial charge in [0.1, 0.15) is 0 Å². The molecule has 0 aliphatic rings. The van der Waals surface area contributed by atoms with E-state index < -0.39 is 0 Å². The summed E-state index contributed by atoms with van der Waals surface area (Å²) in [4.78, 5) is 0. The highest BCUT2D eigenvalue weighted by Crippen LogP contribution is 2.36. The summed E-state index contributed by atoms with van der Waals surface area (Å²) in [6.45, 7) is 0. The van der Waals surface area contributed by atoms with E-state index in [1.54, 1.807) is 0 Å². The van der Waals surface area contributed by atoms with Crippen molar-refractivity contribution in [2.24, 2.45) is 0 Å². The maximum atomic E-state index is 13.0. The van der Waals surface area contributed by atoms with Gasteiger partial charge in [-0.05, 0) is 53.9 Å². The van der Waals surface area contributed by atoms with Crippen LogP contribution in [0.4, 0.5) is 4.39 Å². The van der Waals surface area contributed by atoms with Crippen molar-refractivity contribution in [2.45, 2.75) is 0 Å². The fourth-order valence-electron chi connectivity index (χ4n) is 0.544. The maximum Gasteiger partial charge on any atom is 0.152 e. The molecule has 5 heteroatoms. The smallest absolute Gasteiger partial charge is 0.152 e. The molecule has 0 radical (unpaired) electrons. The Balaban J connectivity index is 3.46. The van der Waals surface area contributed by atoms with Crippen LogP contribution in [0.3, 0.4) is 0 Å². The third kappa shape index (κ3) is 1.97. The first kappa shape index (κ1) is 9.96. The van der Waals surface area contributed by atoms with Gasteiger partial charge in [-0.1, -0.05) is 11.6 Å². The van der Waals surface area contributed by atoms with Crippen LogP contribution in [0.25, 0.3) is 0 Å². The molecule has 11 heavy (non-hydrogen) atoms. The molecule has 0 fully saturated rings. The summed E-state index contributed by atoms with van der Waals surface area (Å²) in [6, 6.07) is 1.49. The number of hydrogen-bond acceptors (Lipinski definition) is 0. The van der Waals surface area contributed by atoms with E-state index in [0.29, 0.717) is 18.4 Å². The van der Waals surface area contributed by atoms with E-state index in [1.807, 2.05) is 0 Å². The molecule has 0 N–H and O–H groups in total. The fourth-order valence-corrected chi connectivity index (χ4v) is 2.40. The first-order chi connectivity index (χ1) is 5.04. The van der Waals surface area contributed by atoms with Crippen LogP contribution < -0.4 is 0 Å². The number of hydrogen-bond donors (Lipinski definition) is 0. The average molecular weight is 367 g/mol. The van der Waals surface area contributed by atoms with Crippen LogP contribution in [0.2, 0.25) is 5.02 Å². The lowest BCUT2D eigenvalue weighted by molar-refractivity contribution is 0.613. The van der Waals surface area contributed by atoms with Gasteiger partial charge in [-0.2, -0.15) is 0 Å². The second kappa shape index (κ2) is 3.73. The van der Waals surface area contributed by atoms with Gasteiger partial charge in [0, 0.05) is 0 Å². The van der Waals surface area contributed by atoms with Crippen LogP contribution in [0.1, 0.15) is 0 Å². The molecular formula is C6HBr3ClF. The van der Waals surface area contributed by atoms with Crippen molar-refractivity contribution < 1.29 is 4.39 Å². The van der Waals surface area contributed by atoms with Crippen LogP contribution >= 0.6 is 59.4 Å². The van der Waals surface area contributed by atoms with Crippen LogP contribution in [-0.4, -0.2) is 0 Å². The Morgan fingerprint density at radius 2 is 1.73 bits per heavy atom. The van der Waals surface area contributed by atoms with Gasteiger partial charge < -0.3 is 0 Å². The normalized spacial score (nSPS) is 10.3. The first-order valence-corrected chi connectivity index (χ1v) is 5.28. The molecular weight excluding hydrogens is 366 g/mol. The number of halogens is 5. The zero-order chi connectivity index (χ0) is 8.59. The van der Waals surface area contributed by atoms with E-state index in [2.05, 4.69) is 47.8 Å². The van der Waals surface area contributed by atoms with Crippen LogP contribution in [0, 0.1) is 5.82 Å². The van der Waals surface area contributed by atoms with Crippen molar-refractivity contribution >= 4 is 59.4 Å².